The Morgan fingerprint density at radius 1 is 1.25 bits per heavy atom. The quantitative estimate of drug-likeness (QED) is 0.678. The van der Waals surface area contributed by atoms with Gasteiger partial charge >= 0.3 is 18.0 Å². The van der Waals surface area contributed by atoms with Crippen molar-refractivity contribution in [1.82, 2.24) is 9.80 Å². The lowest BCUT2D eigenvalue weighted by atomic mass is 10.2. The van der Waals surface area contributed by atoms with E-state index in [2.05, 4.69) is 0 Å². The fraction of sp³-hybridized carbons (Fsp3) is 0.769. The van der Waals surface area contributed by atoms with E-state index >= 15 is 0 Å². The second-order valence-electron chi connectivity index (χ2n) is 4.49. The molecule has 20 heavy (non-hydrogen) atoms. The third kappa shape index (κ3) is 6.40. The van der Waals surface area contributed by atoms with Crippen molar-refractivity contribution in [2.45, 2.75) is 39.7 Å². The zero-order valence-corrected chi connectivity index (χ0v) is 12.6. The normalized spacial score (nSPS) is 11.6. The number of nitrogens with zero attached hydrogens (tertiary/aromatic N) is 2. The topological polar surface area (TPSA) is 87.2 Å². The van der Waals surface area contributed by atoms with Gasteiger partial charge in [-0.15, -0.1) is 0 Å². The molecule has 7 heteroatoms. The second kappa shape index (κ2) is 9.17. The molecule has 0 radical (unpaired) electrons. The zero-order valence-electron chi connectivity index (χ0n) is 12.6. The maximum absolute atomic E-state index is 12.2. The standard InChI is InChI=1S/C13H24N2O5/c1-5-15(10(3)9-11(16)17)13(19)14(4)8-7-12(18)20-6-2/h10H,5-9H2,1-4H3,(H,16,17). The summed E-state index contributed by atoms with van der Waals surface area (Å²) in [6.45, 7) is 6.17. The molecular formula is C13H24N2O5. The molecule has 0 spiro atoms. The first-order valence-corrected chi connectivity index (χ1v) is 6.72. The Balaban J connectivity index is 4.44. The molecule has 7 nitrogen and oxygen atoms in total. The van der Waals surface area contributed by atoms with E-state index in [9.17, 15) is 14.4 Å². The molecule has 116 valence electrons. The molecule has 1 N–H and O–H groups in total. The smallest absolute Gasteiger partial charge is 0.319 e. The Bertz CT molecular complexity index is 346. The van der Waals surface area contributed by atoms with E-state index < -0.39 is 12.0 Å². The van der Waals surface area contributed by atoms with Crippen LogP contribution >= 0.6 is 0 Å². The largest absolute Gasteiger partial charge is 0.481 e. The Kier molecular flexibility index (Phi) is 8.35. The molecule has 0 aromatic carbocycles. The van der Waals surface area contributed by atoms with Gasteiger partial charge in [0.2, 0.25) is 0 Å². The van der Waals surface area contributed by atoms with Crippen LogP contribution in [0.3, 0.4) is 0 Å². The van der Waals surface area contributed by atoms with Crippen molar-refractivity contribution in [2.75, 3.05) is 26.7 Å². The molecule has 0 aromatic rings. The summed E-state index contributed by atoms with van der Waals surface area (Å²) < 4.78 is 4.79. The first-order valence-electron chi connectivity index (χ1n) is 6.72. The van der Waals surface area contributed by atoms with Gasteiger partial charge in [-0.3, -0.25) is 9.59 Å². The van der Waals surface area contributed by atoms with Crippen LogP contribution in [0.25, 0.3) is 0 Å². The highest BCUT2D eigenvalue weighted by Gasteiger charge is 2.23. The van der Waals surface area contributed by atoms with Crippen molar-refractivity contribution in [3.05, 3.63) is 0 Å². The highest BCUT2D eigenvalue weighted by molar-refractivity contribution is 5.77. The van der Waals surface area contributed by atoms with Crippen molar-refractivity contribution >= 4 is 18.0 Å². The zero-order chi connectivity index (χ0) is 15.7. The third-order valence-electron chi connectivity index (χ3n) is 2.87. The summed E-state index contributed by atoms with van der Waals surface area (Å²) >= 11 is 0. The maximum Gasteiger partial charge on any atom is 0.319 e. The number of rotatable bonds is 8. The van der Waals surface area contributed by atoms with Crippen LogP contribution in [0.5, 0.6) is 0 Å². The SMILES string of the molecule is CCOC(=O)CCN(C)C(=O)N(CC)C(C)CC(=O)O. The summed E-state index contributed by atoms with van der Waals surface area (Å²) in [5.41, 5.74) is 0. The molecule has 1 unspecified atom stereocenters. The van der Waals surface area contributed by atoms with E-state index in [-0.39, 0.29) is 31.4 Å². The van der Waals surface area contributed by atoms with Gasteiger partial charge < -0.3 is 19.6 Å². The van der Waals surface area contributed by atoms with Crippen molar-refractivity contribution in [1.29, 1.82) is 0 Å². The van der Waals surface area contributed by atoms with E-state index in [4.69, 9.17) is 9.84 Å². The van der Waals surface area contributed by atoms with Gasteiger partial charge in [0.1, 0.15) is 0 Å². The highest BCUT2D eigenvalue weighted by atomic mass is 16.5. The van der Waals surface area contributed by atoms with E-state index in [1.54, 1.807) is 27.8 Å². The average molecular weight is 288 g/mol. The molecule has 0 aliphatic carbocycles. The number of esters is 1. The second-order valence-corrected chi connectivity index (χ2v) is 4.49. The summed E-state index contributed by atoms with van der Waals surface area (Å²) in [4.78, 5) is 37.0. The minimum atomic E-state index is -0.946. The van der Waals surface area contributed by atoms with Gasteiger partial charge in [-0.25, -0.2) is 4.79 Å². The summed E-state index contributed by atoms with van der Waals surface area (Å²) in [6.07, 6.45) is 0.0201. The van der Waals surface area contributed by atoms with Gasteiger partial charge in [0.05, 0.1) is 19.4 Å². The minimum Gasteiger partial charge on any atom is -0.481 e. The third-order valence-corrected chi connectivity index (χ3v) is 2.87. The Labute approximate surface area is 119 Å². The van der Waals surface area contributed by atoms with Crippen molar-refractivity contribution in [3.8, 4) is 0 Å². The summed E-state index contributed by atoms with van der Waals surface area (Å²) in [5.74, 6) is -1.30. The van der Waals surface area contributed by atoms with Crippen molar-refractivity contribution in [2.24, 2.45) is 0 Å². The predicted molar refractivity (Wildman–Crippen MR) is 73.4 cm³/mol. The number of hydrogen-bond donors (Lipinski definition) is 1. The van der Waals surface area contributed by atoms with E-state index in [1.165, 1.54) is 9.80 Å². The lowest BCUT2D eigenvalue weighted by molar-refractivity contribution is -0.143. The van der Waals surface area contributed by atoms with E-state index in [0.717, 1.165) is 0 Å². The molecule has 0 saturated carbocycles. The fourth-order valence-electron chi connectivity index (χ4n) is 1.81. The van der Waals surface area contributed by atoms with Gasteiger partial charge in [0, 0.05) is 26.2 Å². The summed E-state index contributed by atoms with van der Waals surface area (Å²) in [7, 11) is 1.58. The number of carbonyl (C=O) groups excluding carboxylic acids is 2. The van der Waals surface area contributed by atoms with Crippen molar-refractivity contribution < 1.29 is 24.2 Å². The first kappa shape index (κ1) is 18.2. The highest BCUT2D eigenvalue weighted by Crippen LogP contribution is 2.08. The Hall–Kier alpha value is -1.79. The van der Waals surface area contributed by atoms with E-state index in [1.807, 2.05) is 0 Å². The van der Waals surface area contributed by atoms with E-state index in [0.29, 0.717) is 13.2 Å². The molecule has 0 heterocycles. The van der Waals surface area contributed by atoms with Gasteiger partial charge in [0.15, 0.2) is 0 Å². The van der Waals surface area contributed by atoms with Crippen LogP contribution in [0, 0.1) is 0 Å². The Morgan fingerprint density at radius 3 is 2.30 bits per heavy atom. The summed E-state index contributed by atoms with van der Waals surface area (Å²) in [6, 6.07) is -0.680. The van der Waals surface area contributed by atoms with Crippen LogP contribution in [0.4, 0.5) is 4.79 Å². The maximum atomic E-state index is 12.2. The molecule has 0 rings (SSSR count). The molecule has 2 amide bonds. The molecule has 0 saturated heterocycles. The number of aliphatic carboxylic acids is 1. The van der Waals surface area contributed by atoms with Crippen LogP contribution in [-0.4, -0.2) is 65.7 Å². The number of carboxylic acids is 1. The van der Waals surface area contributed by atoms with Crippen LogP contribution in [0.2, 0.25) is 0 Å². The fourth-order valence-corrected chi connectivity index (χ4v) is 1.81. The van der Waals surface area contributed by atoms with Crippen LogP contribution in [0.1, 0.15) is 33.6 Å². The molecule has 0 aliphatic heterocycles. The number of carboxylic acid groups (broad SMARTS) is 1. The number of urea groups is 1. The van der Waals surface area contributed by atoms with Crippen LogP contribution < -0.4 is 0 Å². The molecule has 1 atom stereocenters. The van der Waals surface area contributed by atoms with Crippen molar-refractivity contribution in [3.63, 3.8) is 0 Å². The minimum absolute atomic E-state index is 0.106. The van der Waals surface area contributed by atoms with Gasteiger partial charge in [-0.2, -0.15) is 0 Å². The van der Waals surface area contributed by atoms with Gasteiger partial charge in [-0.1, -0.05) is 0 Å². The number of ether oxygens (including phenoxy) is 1. The monoisotopic (exact) mass is 288 g/mol. The average Bonchev–Trinajstić information content (AvgIpc) is 2.36. The van der Waals surface area contributed by atoms with Gasteiger partial charge in [-0.05, 0) is 20.8 Å². The number of carbonyl (C=O) groups is 3. The van der Waals surface area contributed by atoms with Crippen LogP contribution in [0.15, 0.2) is 0 Å². The summed E-state index contributed by atoms with van der Waals surface area (Å²) in [5, 5.41) is 8.77. The number of amides is 2. The predicted octanol–water partition coefficient (Wildman–Crippen LogP) is 1.18. The molecule has 0 aliphatic rings. The lowest BCUT2D eigenvalue weighted by Crippen LogP contribution is -2.46. The number of hydrogen-bond acceptors (Lipinski definition) is 4. The molecule has 0 aromatic heterocycles. The molecule has 0 fully saturated rings. The lowest BCUT2D eigenvalue weighted by Gasteiger charge is -2.31. The van der Waals surface area contributed by atoms with Crippen LogP contribution in [-0.2, 0) is 14.3 Å². The molecular weight excluding hydrogens is 264 g/mol. The Morgan fingerprint density at radius 2 is 1.85 bits per heavy atom. The molecule has 0 bridgehead atoms. The first-order chi connectivity index (χ1) is 9.33. The van der Waals surface area contributed by atoms with Gasteiger partial charge in [0.25, 0.3) is 0 Å².